The van der Waals surface area contributed by atoms with Gasteiger partial charge >= 0.3 is 0 Å². The number of sulfonamides is 1. The van der Waals surface area contributed by atoms with Gasteiger partial charge < -0.3 is 15.4 Å². The number of benzene rings is 2. The number of halogens is 2. The number of nitrogens with one attached hydrogen (secondary N) is 2. The highest BCUT2D eigenvalue weighted by molar-refractivity contribution is 7.89. The number of piperidine rings is 1. The van der Waals surface area contributed by atoms with Crippen LogP contribution in [0.3, 0.4) is 0 Å². The van der Waals surface area contributed by atoms with Crippen molar-refractivity contribution >= 4 is 44.1 Å². The first-order chi connectivity index (χ1) is 17.3. The van der Waals surface area contributed by atoms with Crippen LogP contribution in [-0.4, -0.2) is 56.9 Å². The van der Waals surface area contributed by atoms with Gasteiger partial charge in [-0.1, -0.05) is 11.6 Å². The summed E-state index contributed by atoms with van der Waals surface area (Å²) in [4.78, 5) is 16.9. The molecular weight excluding hydrogens is 507 g/mol. The van der Waals surface area contributed by atoms with Crippen LogP contribution in [-0.2, 0) is 14.8 Å². The highest BCUT2D eigenvalue weighted by atomic mass is 35.5. The number of ether oxygens (including phenoxy) is 1. The molecule has 2 heterocycles. The first-order valence-corrected chi connectivity index (χ1v) is 13.5. The van der Waals surface area contributed by atoms with E-state index in [1.54, 1.807) is 12.3 Å². The van der Waals surface area contributed by atoms with Crippen LogP contribution >= 0.6 is 11.6 Å². The van der Waals surface area contributed by atoms with Gasteiger partial charge in [-0.15, -0.1) is 0 Å². The van der Waals surface area contributed by atoms with E-state index >= 15 is 0 Å². The van der Waals surface area contributed by atoms with Crippen LogP contribution in [0.25, 0.3) is 10.9 Å². The normalized spacial score (nSPS) is 16.6. The number of fused-ring (bicyclic) bond motifs is 1. The topological polar surface area (TPSA) is 101 Å². The Kier molecular flexibility index (Phi) is 8.28. The molecule has 1 aliphatic rings. The molecule has 0 saturated carbocycles. The minimum Gasteiger partial charge on any atom is -0.495 e. The second-order valence-corrected chi connectivity index (χ2v) is 10.9. The number of anilines is 1. The van der Waals surface area contributed by atoms with Gasteiger partial charge in [0.25, 0.3) is 0 Å². The molecule has 11 heteroatoms. The van der Waals surface area contributed by atoms with E-state index in [1.807, 2.05) is 18.2 Å². The van der Waals surface area contributed by atoms with Crippen molar-refractivity contribution in [3.63, 3.8) is 0 Å². The third kappa shape index (κ3) is 5.88. The standard InChI is InChI=1S/C25H28ClFN4O4S/c1-35-23-8-6-19(27)15-24(23)36(33,34)31-13-2-4-17(16-31)25(32)30-11-3-10-28-21-9-12-29-22-14-18(26)5-7-20(21)22/h5-9,12,14-15,17H,2-4,10-11,13,16H2,1H3,(H,28,29)(H,30,32). The van der Waals surface area contributed by atoms with Crippen LogP contribution < -0.4 is 15.4 Å². The highest BCUT2D eigenvalue weighted by Gasteiger charge is 2.35. The number of pyridine rings is 1. The maximum absolute atomic E-state index is 13.8. The number of amides is 1. The fraction of sp³-hybridized carbons (Fsp3) is 0.360. The van der Waals surface area contributed by atoms with E-state index < -0.39 is 21.8 Å². The van der Waals surface area contributed by atoms with Crippen LogP contribution in [0.1, 0.15) is 19.3 Å². The SMILES string of the molecule is COc1ccc(F)cc1S(=O)(=O)N1CCCC(C(=O)NCCCNc2ccnc3cc(Cl)ccc23)C1. The Hall–Kier alpha value is -2.95. The predicted molar refractivity (Wildman–Crippen MR) is 137 cm³/mol. The van der Waals surface area contributed by atoms with E-state index in [1.165, 1.54) is 17.5 Å². The zero-order valence-electron chi connectivity index (χ0n) is 19.8. The van der Waals surface area contributed by atoms with E-state index in [4.69, 9.17) is 16.3 Å². The van der Waals surface area contributed by atoms with Gasteiger partial charge in [0.05, 0.1) is 18.5 Å². The van der Waals surface area contributed by atoms with Crippen molar-refractivity contribution in [2.75, 3.05) is 38.6 Å². The molecule has 1 aliphatic heterocycles. The van der Waals surface area contributed by atoms with Crippen molar-refractivity contribution in [2.45, 2.75) is 24.2 Å². The fourth-order valence-electron chi connectivity index (χ4n) is 4.31. The summed E-state index contributed by atoms with van der Waals surface area (Å²) in [5.41, 5.74) is 1.73. The molecular formula is C25H28ClFN4O4S. The summed E-state index contributed by atoms with van der Waals surface area (Å²) < 4.78 is 46.5. The molecule has 1 amide bonds. The molecule has 1 saturated heterocycles. The Bertz CT molecular complexity index is 1360. The maximum atomic E-state index is 13.8. The molecule has 4 rings (SSSR count). The van der Waals surface area contributed by atoms with Gasteiger partial charge in [0.1, 0.15) is 16.5 Å². The third-order valence-electron chi connectivity index (χ3n) is 6.17. The summed E-state index contributed by atoms with van der Waals surface area (Å²) in [5, 5.41) is 7.85. The molecule has 3 aromatic rings. The monoisotopic (exact) mass is 534 g/mol. The van der Waals surface area contributed by atoms with E-state index in [0.717, 1.165) is 28.7 Å². The van der Waals surface area contributed by atoms with Gasteiger partial charge in [-0.25, -0.2) is 12.8 Å². The molecule has 8 nitrogen and oxygen atoms in total. The third-order valence-corrected chi connectivity index (χ3v) is 8.29. The molecule has 1 atom stereocenters. The van der Waals surface area contributed by atoms with E-state index in [0.29, 0.717) is 37.4 Å². The molecule has 0 radical (unpaired) electrons. The molecule has 1 aromatic heterocycles. The molecule has 2 aromatic carbocycles. The molecule has 1 unspecified atom stereocenters. The minimum absolute atomic E-state index is 0.0393. The van der Waals surface area contributed by atoms with Gasteiger partial charge in [-0.2, -0.15) is 4.31 Å². The summed E-state index contributed by atoms with van der Waals surface area (Å²) >= 11 is 6.04. The summed E-state index contributed by atoms with van der Waals surface area (Å²) in [6, 6.07) is 10.8. The van der Waals surface area contributed by atoms with Crippen molar-refractivity contribution in [2.24, 2.45) is 5.92 Å². The summed E-state index contributed by atoms with van der Waals surface area (Å²) in [6.07, 6.45) is 3.51. The Morgan fingerprint density at radius 1 is 1.22 bits per heavy atom. The van der Waals surface area contributed by atoms with Crippen molar-refractivity contribution < 1.29 is 22.3 Å². The lowest BCUT2D eigenvalue weighted by Gasteiger charge is -2.31. The maximum Gasteiger partial charge on any atom is 0.246 e. The fourth-order valence-corrected chi connectivity index (χ4v) is 6.17. The number of hydrogen-bond acceptors (Lipinski definition) is 6. The number of rotatable bonds is 9. The number of aromatic nitrogens is 1. The average molecular weight is 535 g/mol. The number of hydrogen-bond donors (Lipinski definition) is 2. The number of carbonyl (C=O) groups is 1. The largest absolute Gasteiger partial charge is 0.495 e. The second-order valence-electron chi connectivity index (χ2n) is 8.59. The number of carbonyl (C=O) groups excluding carboxylic acids is 1. The lowest BCUT2D eigenvalue weighted by atomic mass is 9.99. The Morgan fingerprint density at radius 3 is 2.86 bits per heavy atom. The van der Waals surface area contributed by atoms with E-state index in [9.17, 15) is 17.6 Å². The van der Waals surface area contributed by atoms with Gasteiger partial charge in [0, 0.05) is 48.5 Å². The first-order valence-electron chi connectivity index (χ1n) is 11.7. The van der Waals surface area contributed by atoms with Crippen molar-refractivity contribution in [3.05, 3.63) is 59.5 Å². The summed E-state index contributed by atoms with van der Waals surface area (Å²) in [5.74, 6) is -1.27. The lowest BCUT2D eigenvalue weighted by Crippen LogP contribution is -2.45. The molecule has 1 fully saturated rings. The summed E-state index contributed by atoms with van der Waals surface area (Å²) in [6.45, 7) is 1.38. The zero-order valence-corrected chi connectivity index (χ0v) is 21.4. The van der Waals surface area contributed by atoms with Crippen LogP contribution in [0.5, 0.6) is 5.75 Å². The minimum atomic E-state index is -4.01. The van der Waals surface area contributed by atoms with Crippen molar-refractivity contribution in [1.29, 1.82) is 0 Å². The Labute approximate surface area is 214 Å². The first kappa shape index (κ1) is 26.1. The quantitative estimate of drug-likeness (QED) is 0.402. The van der Waals surface area contributed by atoms with Gasteiger partial charge in [-0.3, -0.25) is 9.78 Å². The molecule has 0 aliphatic carbocycles. The molecule has 0 spiro atoms. The average Bonchev–Trinajstić information content (AvgIpc) is 2.88. The van der Waals surface area contributed by atoms with Gasteiger partial charge in [0.15, 0.2) is 0 Å². The molecule has 36 heavy (non-hydrogen) atoms. The smallest absolute Gasteiger partial charge is 0.246 e. The van der Waals surface area contributed by atoms with Crippen molar-refractivity contribution in [3.8, 4) is 5.75 Å². The Balaban J connectivity index is 1.30. The Morgan fingerprint density at radius 2 is 2.06 bits per heavy atom. The zero-order chi connectivity index (χ0) is 25.7. The summed E-state index contributed by atoms with van der Waals surface area (Å²) in [7, 11) is -2.68. The van der Waals surface area contributed by atoms with Crippen molar-refractivity contribution in [1.82, 2.24) is 14.6 Å². The number of nitrogens with zero attached hydrogens (tertiary/aromatic N) is 2. The number of methoxy groups -OCH3 is 1. The van der Waals surface area contributed by atoms with Gasteiger partial charge in [-0.05, 0) is 61.7 Å². The van der Waals surface area contributed by atoms with E-state index in [-0.39, 0.29) is 29.6 Å². The highest BCUT2D eigenvalue weighted by Crippen LogP contribution is 2.30. The van der Waals surface area contributed by atoms with Crippen LogP contribution in [0.4, 0.5) is 10.1 Å². The predicted octanol–water partition coefficient (Wildman–Crippen LogP) is 4.06. The van der Waals surface area contributed by atoms with Gasteiger partial charge in [0.2, 0.25) is 15.9 Å². The van der Waals surface area contributed by atoms with Crippen LogP contribution in [0, 0.1) is 11.7 Å². The molecule has 2 N–H and O–H groups in total. The van der Waals surface area contributed by atoms with E-state index in [2.05, 4.69) is 15.6 Å². The van der Waals surface area contributed by atoms with Crippen LogP contribution in [0.15, 0.2) is 53.6 Å². The molecule has 0 bridgehead atoms. The second kappa shape index (κ2) is 11.4. The van der Waals surface area contributed by atoms with Crippen LogP contribution in [0.2, 0.25) is 5.02 Å². The molecule has 192 valence electrons. The lowest BCUT2D eigenvalue weighted by molar-refractivity contribution is -0.126.